The Bertz CT molecular complexity index is 395. The van der Waals surface area contributed by atoms with E-state index in [1.165, 1.54) is 0 Å². The van der Waals surface area contributed by atoms with Crippen LogP contribution >= 0.6 is 0 Å². The monoisotopic (exact) mass is 248 g/mol. The molecule has 0 amide bonds. The van der Waals surface area contributed by atoms with Crippen LogP contribution in [0.4, 0.5) is 5.69 Å². The van der Waals surface area contributed by atoms with E-state index in [0.717, 1.165) is 48.8 Å². The molecule has 0 bridgehead atoms. The van der Waals surface area contributed by atoms with Crippen molar-refractivity contribution in [1.29, 1.82) is 0 Å². The Hall–Kier alpha value is -1.09. The lowest BCUT2D eigenvalue weighted by molar-refractivity contribution is -0.0145. The van der Waals surface area contributed by atoms with Crippen LogP contribution in [0, 0.1) is 11.8 Å². The molecule has 18 heavy (non-hydrogen) atoms. The van der Waals surface area contributed by atoms with Crippen LogP contribution in [0.25, 0.3) is 0 Å². The fraction of sp³-hybridized carbons (Fsp3) is 0.667. The maximum absolute atomic E-state index is 10.7. The van der Waals surface area contributed by atoms with Crippen LogP contribution in [0.1, 0.15) is 45.1 Å². The number of rotatable bonds is 3. The zero-order valence-electron chi connectivity index (χ0n) is 11.4. The normalized spacial score (nSPS) is 28.6. The van der Waals surface area contributed by atoms with Gasteiger partial charge in [-0.2, -0.15) is 0 Å². The van der Waals surface area contributed by atoms with Gasteiger partial charge in [-0.3, -0.25) is 4.98 Å². The average molecular weight is 248 g/mol. The van der Waals surface area contributed by atoms with E-state index in [1.54, 1.807) is 18.5 Å². The molecule has 2 rings (SSSR count). The summed E-state index contributed by atoms with van der Waals surface area (Å²) in [4.78, 5) is 4.09. The first-order chi connectivity index (χ1) is 8.50. The van der Waals surface area contributed by atoms with Crippen LogP contribution in [0.15, 0.2) is 18.5 Å². The summed E-state index contributed by atoms with van der Waals surface area (Å²) in [5.41, 5.74) is 7.06. The zero-order chi connectivity index (χ0) is 13.2. The van der Waals surface area contributed by atoms with E-state index in [-0.39, 0.29) is 0 Å². The molecule has 1 fully saturated rings. The summed E-state index contributed by atoms with van der Waals surface area (Å²) >= 11 is 0. The van der Waals surface area contributed by atoms with Crippen LogP contribution < -0.4 is 5.73 Å². The minimum absolute atomic E-state index is 0.581. The predicted octanol–water partition coefficient (Wildman–Crippen LogP) is 2.78. The van der Waals surface area contributed by atoms with Crippen molar-refractivity contribution in [2.24, 2.45) is 11.8 Å². The van der Waals surface area contributed by atoms with Gasteiger partial charge in [0, 0.05) is 24.5 Å². The Morgan fingerprint density at radius 2 is 2.11 bits per heavy atom. The second-order valence-corrected chi connectivity index (χ2v) is 6.06. The smallest absolute Gasteiger partial charge is 0.0689 e. The Morgan fingerprint density at radius 1 is 1.44 bits per heavy atom. The number of nitrogens with two attached hydrogens (primary N) is 1. The molecule has 0 aromatic carbocycles. The van der Waals surface area contributed by atoms with Crippen LogP contribution in [0.2, 0.25) is 0 Å². The molecule has 0 saturated heterocycles. The van der Waals surface area contributed by atoms with E-state index < -0.39 is 5.60 Å². The summed E-state index contributed by atoms with van der Waals surface area (Å²) < 4.78 is 0. The van der Waals surface area contributed by atoms with Gasteiger partial charge in [0.15, 0.2) is 0 Å². The number of aromatic nitrogens is 1. The molecule has 0 spiro atoms. The molecule has 1 aliphatic rings. The van der Waals surface area contributed by atoms with Gasteiger partial charge in [-0.1, -0.05) is 13.8 Å². The van der Waals surface area contributed by atoms with Crippen LogP contribution in [-0.2, 0) is 6.42 Å². The largest absolute Gasteiger partial charge is 0.398 e. The van der Waals surface area contributed by atoms with Crippen molar-refractivity contribution in [3.8, 4) is 0 Å². The van der Waals surface area contributed by atoms with E-state index in [4.69, 9.17) is 5.73 Å². The highest BCUT2D eigenvalue weighted by atomic mass is 16.3. The summed E-state index contributed by atoms with van der Waals surface area (Å²) in [5.74, 6) is 1.48. The highest BCUT2D eigenvalue weighted by Gasteiger charge is 2.34. The van der Waals surface area contributed by atoms with Crippen molar-refractivity contribution in [3.63, 3.8) is 0 Å². The van der Waals surface area contributed by atoms with Crippen LogP contribution in [-0.4, -0.2) is 15.7 Å². The zero-order valence-corrected chi connectivity index (χ0v) is 11.4. The summed E-state index contributed by atoms with van der Waals surface area (Å²) in [5, 5.41) is 10.7. The Kier molecular flexibility index (Phi) is 3.91. The van der Waals surface area contributed by atoms with E-state index in [2.05, 4.69) is 18.8 Å². The van der Waals surface area contributed by atoms with E-state index in [1.807, 2.05) is 0 Å². The summed E-state index contributed by atoms with van der Waals surface area (Å²) in [6, 6.07) is 1.80. The topological polar surface area (TPSA) is 59.1 Å². The number of hydrogen-bond donors (Lipinski definition) is 2. The number of aliphatic hydroxyl groups is 1. The molecular formula is C15H24N2O. The number of hydrogen-bond acceptors (Lipinski definition) is 3. The number of pyridine rings is 1. The number of nitrogen functional groups attached to an aromatic ring is 1. The van der Waals surface area contributed by atoms with Gasteiger partial charge >= 0.3 is 0 Å². The van der Waals surface area contributed by atoms with Gasteiger partial charge < -0.3 is 10.8 Å². The maximum Gasteiger partial charge on any atom is 0.0689 e. The second kappa shape index (κ2) is 5.27. The molecule has 100 valence electrons. The van der Waals surface area contributed by atoms with E-state index in [9.17, 15) is 5.11 Å². The molecule has 3 nitrogen and oxygen atoms in total. The molecule has 0 aliphatic heterocycles. The average Bonchev–Trinajstić information content (AvgIpc) is 2.32. The standard InChI is InChI=1S/C15H24N2O/c1-11(2)12-3-6-15(18,7-4-12)9-13-10-17-8-5-14(13)16/h5,8,10-12,18H,3-4,6-7,9H2,1-2H3,(H2,16,17). The van der Waals surface area contributed by atoms with Crippen molar-refractivity contribution in [2.75, 3.05) is 5.73 Å². The Morgan fingerprint density at radius 3 is 2.67 bits per heavy atom. The lowest BCUT2D eigenvalue weighted by atomic mass is 9.72. The Labute approximate surface area is 109 Å². The van der Waals surface area contributed by atoms with Crippen molar-refractivity contribution >= 4 is 5.69 Å². The van der Waals surface area contributed by atoms with Gasteiger partial charge in [0.2, 0.25) is 0 Å². The molecule has 1 aromatic heterocycles. The fourth-order valence-electron chi connectivity index (χ4n) is 2.96. The molecule has 0 radical (unpaired) electrons. The van der Waals surface area contributed by atoms with Gasteiger partial charge in [-0.15, -0.1) is 0 Å². The highest BCUT2D eigenvalue weighted by molar-refractivity contribution is 5.45. The lowest BCUT2D eigenvalue weighted by Gasteiger charge is -2.37. The van der Waals surface area contributed by atoms with Crippen molar-refractivity contribution in [3.05, 3.63) is 24.0 Å². The fourth-order valence-corrected chi connectivity index (χ4v) is 2.96. The minimum atomic E-state index is -0.581. The quantitative estimate of drug-likeness (QED) is 0.864. The minimum Gasteiger partial charge on any atom is -0.398 e. The molecule has 1 saturated carbocycles. The molecule has 3 heteroatoms. The molecule has 1 aromatic rings. The van der Waals surface area contributed by atoms with E-state index >= 15 is 0 Å². The summed E-state index contributed by atoms with van der Waals surface area (Å²) in [6.45, 7) is 4.54. The first kappa shape index (κ1) is 13.3. The van der Waals surface area contributed by atoms with Gasteiger partial charge in [0.25, 0.3) is 0 Å². The molecular weight excluding hydrogens is 224 g/mol. The maximum atomic E-state index is 10.7. The number of anilines is 1. The first-order valence-electron chi connectivity index (χ1n) is 6.91. The molecule has 3 N–H and O–H groups in total. The Balaban J connectivity index is 2.00. The SMILES string of the molecule is CC(C)C1CCC(O)(Cc2cnccc2N)CC1. The van der Waals surface area contributed by atoms with Gasteiger partial charge in [-0.05, 0) is 49.1 Å². The van der Waals surface area contributed by atoms with Gasteiger partial charge in [0.1, 0.15) is 0 Å². The third-order valence-electron chi connectivity index (χ3n) is 4.36. The second-order valence-electron chi connectivity index (χ2n) is 6.06. The highest BCUT2D eigenvalue weighted by Crippen LogP contribution is 2.38. The number of nitrogens with zero attached hydrogens (tertiary/aromatic N) is 1. The lowest BCUT2D eigenvalue weighted by Crippen LogP contribution is -2.37. The van der Waals surface area contributed by atoms with Crippen molar-refractivity contribution in [2.45, 2.75) is 51.6 Å². The van der Waals surface area contributed by atoms with E-state index in [0.29, 0.717) is 6.42 Å². The third-order valence-corrected chi connectivity index (χ3v) is 4.36. The van der Waals surface area contributed by atoms with Crippen LogP contribution in [0.5, 0.6) is 0 Å². The molecule has 0 unspecified atom stereocenters. The summed E-state index contributed by atoms with van der Waals surface area (Å²) in [7, 11) is 0. The first-order valence-corrected chi connectivity index (χ1v) is 6.91. The molecule has 1 heterocycles. The summed E-state index contributed by atoms with van der Waals surface area (Å²) in [6.07, 6.45) is 8.11. The predicted molar refractivity (Wildman–Crippen MR) is 74.1 cm³/mol. The van der Waals surface area contributed by atoms with Crippen molar-refractivity contribution in [1.82, 2.24) is 4.98 Å². The third kappa shape index (κ3) is 3.02. The van der Waals surface area contributed by atoms with Crippen LogP contribution in [0.3, 0.4) is 0 Å². The van der Waals surface area contributed by atoms with Gasteiger partial charge in [-0.25, -0.2) is 0 Å². The molecule has 1 aliphatic carbocycles. The molecule has 0 atom stereocenters. The van der Waals surface area contributed by atoms with Gasteiger partial charge in [0.05, 0.1) is 5.60 Å². The van der Waals surface area contributed by atoms with Crippen molar-refractivity contribution < 1.29 is 5.11 Å².